The van der Waals surface area contributed by atoms with Gasteiger partial charge in [-0.1, -0.05) is 12.2 Å². The topological polar surface area (TPSA) is 72.2 Å². The number of benzene rings is 1. The second-order valence-electron chi connectivity index (χ2n) is 3.32. The van der Waals surface area contributed by atoms with Gasteiger partial charge in [-0.3, -0.25) is 9.59 Å². The lowest BCUT2D eigenvalue weighted by Crippen LogP contribution is -2.20. The number of Topliss-reactive ketones (excluding diaryl/α,β-unsaturated/α-hetero) is 1. The molecule has 0 aliphatic heterocycles. The lowest BCUT2D eigenvalue weighted by molar-refractivity contribution is -0.116. The Kier molecular flexibility index (Phi) is 4.13. The van der Waals surface area contributed by atoms with E-state index < -0.39 is 5.91 Å². The lowest BCUT2D eigenvalue weighted by atomic mass is 10.1. The molecule has 5 heteroatoms. The number of thiocarbonyl (C=S) groups is 1. The fraction of sp³-hybridized carbons (Fsp3) is 0.182. The third-order valence-corrected chi connectivity index (χ3v) is 2.16. The number of primary amides is 1. The Morgan fingerprint density at radius 1 is 1.31 bits per heavy atom. The van der Waals surface area contributed by atoms with E-state index >= 15 is 0 Å². The minimum atomic E-state index is -0.474. The second-order valence-corrected chi connectivity index (χ2v) is 3.82. The van der Waals surface area contributed by atoms with Crippen LogP contribution in [0.1, 0.15) is 23.7 Å². The molecule has 0 aromatic heterocycles. The number of ketones is 1. The number of amides is 1. The van der Waals surface area contributed by atoms with Crippen LogP contribution in [0.15, 0.2) is 24.3 Å². The summed E-state index contributed by atoms with van der Waals surface area (Å²) in [5, 5.41) is 2.86. The van der Waals surface area contributed by atoms with Gasteiger partial charge < -0.3 is 11.1 Å². The molecule has 0 unspecified atom stereocenters. The molecule has 1 aromatic rings. The Balaban J connectivity index is 2.65. The molecule has 3 N–H and O–H groups in total. The first-order valence-electron chi connectivity index (χ1n) is 4.68. The van der Waals surface area contributed by atoms with Gasteiger partial charge in [0.05, 0.1) is 11.4 Å². The maximum Gasteiger partial charge on any atom is 0.224 e. The number of anilines is 1. The molecular weight excluding hydrogens is 224 g/mol. The van der Waals surface area contributed by atoms with E-state index in [2.05, 4.69) is 5.32 Å². The van der Waals surface area contributed by atoms with Crippen LogP contribution in [-0.4, -0.2) is 16.7 Å². The minimum absolute atomic E-state index is 0.00580. The molecule has 0 radical (unpaired) electrons. The monoisotopic (exact) mass is 236 g/mol. The van der Waals surface area contributed by atoms with Crippen LogP contribution in [0.4, 0.5) is 5.69 Å². The zero-order chi connectivity index (χ0) is 12.1. The molecule has 1 aromatic carbocycles. The maximum absolute atomic E-state index is 11.0. The standard InChI is InChI=1S/C11H12N2O2S/c1-7(14)8-2-4-9(5-3-8)13-11(16)6-10(12)15/h2-5H,6H2,1H3,(H2,12,15)(H,13,16). The van der Waals surface area contributed by atoms with Crippen molar-refractivity contribution in [2.75, 3.05) is 5.32 Å². The van der Waals surface area contributed by atoms with Crippen molar-refractivity contribution in [1.82, 2.24) is 0 Å². The Hall–Kier alpha value is -1.75. The first-order valence-corrected chi connectivity index (χ1v) is 5.09. The summed E-state index contributed by atoms with van der Waals surface area (Å²) in [7, 11) is 0. The third kappa shape index (κ3) is 3.78. The smallest absolute Gasteiger partial charge is 0.224 e. The van der Waals surface area contributed by atoms with Crippen LogP contribution >= 0.6 is 12.2 Å². The second kappa shape index (κ2) is 5.37. The molecule has 0 spiro atoms. The number of rotatable bonds is 4. The summed E-state index contributed by atoms with van der Waals surface area (Å²) in [6.07, 6.45) is 0.0177. The van der Waals surface area contributed by atoms with Gasteiger partial charge in [-0.25, -0.2) is 0 Å². The van der Waals surface area contributed by atoms with Crippen molar-refractivity contribution >= 4 is 34.6 Å². The van der Waals surface area contributed by atoms with Gasteiger partial charge in [-0.2, -0.15) is 0 Å². The molecule has 0 bridgehead atoms. The van der Waals surface area contributed by atoms with Gasteiger partial charge in [0.15, 0.2) is 5.78 Å². The predicted molar refractivity (Wildman–Crippen MR) is 66.5 cm³/mol. The molecule has 0 aliphatic rings. The zero-order valence-corrected chi connectivity index (χ0v) is 9.64. The highest BCUT2D eigenvalue weighted by molar-refractivity contribution is 7.80. The predicted octanol–water partition coefficient (Wildman–Crippen LogP) is 1.50. The van der Waals surface area contributed by atoms with Crippen LogP contribution in [0.3, 0.4) is 0 Å². The van der Waals surface area contributed by atoms with Gasteiger partial charge in [0.25, 0.3) is 0 Å². The highest BCUT2D eigenvalue weighted by Crippen LogP contribution is 2.10. The summed E-state index contributed by atoms with van der Waals surface area (Å²) in [5.74, 6) is -0.468. The summed E-state index contributed by atoms with van der Waals surface area (Å²) in [4.78, 5) is 22.0. The highest BCUT2D eigenvalue weighted by atomic mass is 32.1. The zero-order valence-electron chi connectivity index (χ0n) is 8.82. The van der Waals surface area contributed by atoms with Crippen LogP contribution in [0, 0.1) is 0 Å². The average molecular weight is 236 g/mol. The fourth-order valence-electron chi connectivity index (χ4n) is 1.15. The van der Waals surface area contributed by atoms with E-state index in [0.29, 0.717) is 10.6 Å². The van der Waals surface area contributed by atoms with Crippen LogP contribution < -0.4 is 11.1 Å². The van der Waals surface area contributed by atoms with E-state index in [4.69, 9.17) is 18.0 Å². The molecule has 0 heterocycles. The molecule has 0 saturated heterocycles. The number of hydrogen-bond acceptors (Lipinski definition) is 3. The van der Waals surface area contributed by atoms with Crippen LogP contribution in [0.25, 0.3) is 0 Å². The van der Waals surface area contributed by atoms with E-state index in [1.807, 2.05) is 0 Å². The molecule has 0 fully saturated rings. The molecule has 0 aliphatic carbocycles. The van der Waals surface area contributed by atoms with Crippen molar-refractivity contribution in [2.24, 2.45) is 5.73 Å². The quantitative estimate of drug-likeness (QED) is 0.614. The van der Waals surface area contributed by atoms with Gasteiger partial charge in [-0.05, 0) is 31.2 Å². The average Bonchev–Trinajstić information content (AvgIpc) is 2.16. The van der Waals surface area contributed by atoms with Crippen molar-refractivity contribution in [3.05, 3.63) is 29.8 Å². The van der Waals surface area contributed by atoms with Crippen LogP contribution in [-0.2, 0) is 4.79 Å². The molecule has 4 nitrogen and oxygen atoms in total. The van der Waals surface area contributed by atoms with E-state index in [0.717, 1.165) is 5.69 Å². The summed E-state index contributed by atoms with van der Waals surface area (Å²) >= 11 is 4.92. The summed E-state index contributed by atoms with van der Waals surface area (Å²) in [6, 6.07) is 6.84. The summed E-state index contributed by atoms with van der Waals surface area (Å²) in [6.45, 7) is 1.50. The largest absolute Gasteiger partial charge is 0.369 e. The fourth-order valence-corrected chi connectivity index (χ4v) is 1.41. The molecule has 84 valence electrons. The first kappa shape index (κ1) is 12.3. The molecule has 0 atom stereocenters. The van der Waals surface area contributed by atoms with Crippen molar-refractivity contribution in [1.29, 1.82) is 0 Å². The van der Waals surface area contributed by atoms with Gasteiger partial charge in [-0.15, -0.1) is 0 Å². The number of carbonyl (C=O) groups is 2. The Morgan fingerprint density at radius 3 is 2.31 bits per heavy atom. The van der Waals surface area contributed by atoms with Crippen LogP contribution in [0.5, 0.6) is 0 Å². The van der Waals surface area contributed by atoms with E-state index in [-0.39, 0.29) is 12.2 Å². The summed E-state index contributed by atoms with van der Waals surface area (Å²) < 4.78 is 0. The van der Waals surface area contributed by atoms with Crippen molar-refractivity contribution < 1.29 is 9.59 Å². The van der Waals surface area contributed by atoms with Crippen molar-refractivity contribution in [3.63, 3.8) is 0 Å². The Morgan fingerprint density at radius 2 is 1.88 bits per heavy atom. The normalized spacial score (nSPS) is 9.56. The van der Waals surface area contributed by atoms with Crippen molar-refractivity contribution in [2.45, 2.75) is 13.3 Å². The first-order chi connectivity index (χ1) is 7.49. The van der Waals surface area contributed by atoms with Gasteiger partial charge >= 0.3 is 0 Å². The maximum atomic E-state index is 11.0. The molecular formula is C11H12N2O2S. The van der Waals surface area contributed by atoms with Gasteiger partial charge in [0.1, 0.15) is 0 Å². The molecule has 1 rings (SSSR count). The SMILES string of the molecule is CC(=O)c1ccc(NC(=S)CC(N)=O)cc1. The van der Waals surface area contributed by atoms with Gasteiger partial charge in [0, 0.05) is 11.3 Å². The van der Waals surface area contributed by atoms with Crippen molar-refractivity contribution in [3.8, 4) is 0 Å². The molecule has 16 heavy (non-hydrogen) atoms. The Bertz CT molecular complexity index is 426. The number of carbonyl (C=O) groups excluding carboxylic acids is 2. The summed E-state index contributed by atoms with van der Waals surface area (Å²) in [5.41, 5.74) is 6.36. The lowest BCUT2D eigenvalue weighted by Gasteiger charge is -2.06. The number of nitrogens with one attached hydrogen (secondary N) is 1. The van der Waals surface area contributed by atoms with Crippen LogP contribution in [0.2, 0.25) is 0 Å². The number of hydrogen-bond donors (Lipinski definition) is 2. The highest BCUT2D eigenvalue weighted by Gasteiger charge is 2.03. The third-order valence-electron chi connectivity index (χ3n) is 1.91. The molecule has 1 amide bonds. The van der Waals surface area contributed by atoms with E-state index in [9.17, 15) is 9.59 Å². The van der Waals surface area contributed by atoms with E-state index in [1.165, 1.54) is 6.92 Å². The minimum Gasteiger partial charge on any atom is -0.369 e. The Labute approximate surface area is 98.8 Å². The van der Waals surface area contributed by atoms with Gasteiger partial charge in [0.2, 0.25) is 5.91 Å². The van der Waals surface area contributed by atoms with E-state index in [1.54, 1.807) is 24.3 Å². The molecule has 0 saturated carbocycles. The number of nitrogens with two attached hydrogens (primary N) is 1.